The van der Waals surface area contributed by atoms with E-state index in [1.807, 2.05) is 7.05 Å². The maximum absolute atomic E-state index is 11.4. The lowest BCUT2D eigenvalue weighted by atomic mass is 10.1. The third kappa shape index (κ3) is 2.81. The van der Waals surface area contributed by atoms with Gasteiger partial charge in [-0.2, -0.15) is 0 Å². The number of likely N-dealkylation sites (N-methyl/N-ethyl adjacent to an activating group) is 1. The second-order valence-electron chi connectivity index (χ2n) is 5.21. The van der Waals surface area contributed by atoms with Crippen LogP contribution in [0.15, 0.2) is 12.7 Å². The van der Waals surface area contributed by atoms with Gasteiger partial charge in [0, 0.05) is 31.7 Å². The molecular formula is C12H22N2O. The molecule has 1 amide bonds. The molecule has 0 aromatic rings. The molecule has 1 saturated heterocycles. The minimum atomic E-state index is 0.0239. The molecule has 15 heavy (non-hydrogen) atoms. The molecule has 3 heteroatoms. The van der Waals surface area contributed by atoms with Crippen molar-refractivity contribution in [2.45, 2.75) is 38.8 Å². The van der Waals surface area contributed by atoms with Crippen molar-refractivity contribution >= 4 is 5.91 Å². The topological polar surface area (TPSA) is 23.6 Å². The zero-order chi connectivity index (χ0) is 11.6. The first-order valence-electron chi connectivity index (χ1n) is 5.50. The lowest BCUT2D eigenvalue weighted by Crippen LogP contribution is -2.43. The molecule has 1 atom stereocenters. The number of carbonyl (C=O) groups excluding carboxylic acids is 1. The molecule has 86 valence electrons. The van der Waals surface area contributed by atoms with Crippen LogP contribution in [0, 0.1) is 0 Å². The molecule has 0 saturated carbocycles. The summed E-state index contributed by atoms with van der Waals surface area (Å²) in [5, 5.41) is 0. The van der Waals surface area contributed by atoms with Crippen LogP contribution >= 0.6 is 0 Å². The van der Waals surface area contributed by atoms with Gasteiger partial charge >= 0.3 is 0 Å². The second-order valence-corrected chi connectivity index (χ2v) is 5.21. The van der Waals surface area contributed by atoms with Gasteiger partial charge in [0.1, 0.15) is 0 Å². The summed E-state index contributed by atoms with van der Waals surface area (Å²) in [7, 11) is 1.86. The van der Waals surface area contributed by atoms with E-state index >= 15 is 0 Å². The van der Waals surface area contributed by atoms with Crippen LogP contribution in [-0.2, 0) is 4.79 Å². The van der Waals surface area contributed by atoms with Crippen molar-refractivity contribution < 1.29 is 4.79 Å². The Hall–Kier alpha value is -0.830. The minimum Gasteiger partial charge on any atom is -0.338 e. The molecule has 0 aromatic carbocycles. The standard InChI is InChI=1S/C12H22N2O/c1-6-11(15)13(5)10-7-8-14(9-10)12(2,3)4/h6,10H,1,7-9H2,2-5H3. The smallest absolute Gasteiger partial charge is 0.245 e. The summed E-state index contributed by atoms with van der Waals surface area (Å²) in [6.07, 6.45) is 2.45. The quantitative estimate of drug-likeness (QED) is 0.645. The minimum absolute atomic E-state index is 0.0239. The number of rotatable bonds is 2. The summed E-state index contributed by atoms with van der Waals surface area (Å²) < 4.78 is 0. The van der Waals surface area contributed by atoms with E-state index in [9.17, 15) is 4.79 Å². The third-order valence-corrected chi connectivity index (χ3v) is 3.18. The highest BCUT2D eigenvalue weighted by molar-refractivity contribution is 5.87. The maximum atomic E-state index is 11.4. The number of carbonyl (C=O) groups is 1. The number of hydrogen-bond donors (Lipinski definition) is 0. The van der Waals surface area contributed by atoms with Gasteiger partial charge < -0.3 is 4.90 Å². The van der Waals surface area contributed by atoms with E-state index in [4.69, 9.17) is 0 Å². The van der Waals surface area contributed by atoms with Crippen LogP contribution in [0.25, 0.3) is 0 Å². The van der Waals surface area contributed by atoms with Gasteiger partial charge in [0.05, 0.1) is 0 Å². The summed E-state index contributed by atoms with van der Waals surface area (Å²) in [6.45, 7) is 12.2. The van der Waals surface area contributed by atoms with Crippen molar-refractivity contribution in [3.63, 3.8) is 0 Å². The van der Waals surface area contributed by atoms with Crippen molar-refractivity contribution in [2.75, 3.05) is 20.1 Å². The number of nitrogens with zero attached hydrogens (tertiary/aromatic N) is 2. The predicted molar refractivity (Wildman–Crippen MR) is 62.7 cm³/mol. The van der Waals surface area contributed by atoms with E-state index in [-0.39, 0.29) is 11.4 Å². The molecule has 0 bridgehead atoms. The van der Waals surface area contributed by atoms with E-state index < -0.39 is 0 Å². The van der Waals surface area contributed by atoms with E-state index in [1.54, 1.807) is 4.90 Å². The SMILES string of the molecule is C=CC(=O)N(C)C1CCN(C(C)(C)C)C1. The first-order chi connectivity index (χ1) is 6.86. The van der Waals surface area contributed by atoms with Gasteiger partial charge in [-0.3, -0.25) is 9.69 Å². The molecule has 0 aromatic heterocycles. The van der Waals surface area contributed by atoms with Crippen molar-refractivity contribution in [1.29, 1.82) is 0 Å². The lowest BCUT2D eigenvalue weighted by Gasteiger charge is -2.32. The average molecular weight is 210 g/mol. The number of likely N-dealkylation sites (tertiary alicyclic amines) is 1. The molecule has 1 unspecified atom stereocenters. The largest absolute Gasteiger partial charge is 0.338 e. The fourth-order valence-electron chi connectivity index (χ4n) is 1.99. The Kier molecular flexibility index (Phi) is 3.55. The van der Waals surface area contributed by atoms with Crippen molar-refractivity contribution in [2.24, 2.45) is 0 Å². The van der Waals surface area contributed by atoms with Gasteiger partial charge in [-0.1, -0.05) is 6.58 Å². The molecule has 1 heterocycles. The first-order valence-corrected chi connectivity index (χ1v) is 5.50. The van der Waals surface area contributed by atoms with Crippen molar-refractivity contribution in [1.82, 2.24) is 9.80 Å². The number of amides is 1. The van der Waals surface area contributed by atoms with Crippen molar-refractivity contribution in [3.8, 4) is 0 Å². The number of hydrogen-bond acceptors (Lipinski definition) is 2. The summed E-state index contributed by atoms with van der Waals surface area (Å²) >= 11 is 0. The molecule has 1 aliphatic rings. The summed E-state index contributed by atoms with van der Waals surface area (Å²) in [5.74, 6) is 0.0239. The Morgan fingerprint density at radius 1 is 1.53 bits per heavy atom. The van der Waals surface area contributed by atoms with Crippen LogP contribution in [0.4, 0.5) is 0 Å². The van der Waals surface area contributed by atoms with Gasteiger partial charge in [-0.15, -0.1) is 0 Å². The van der Waals surface area contributed by atoms with Gasteiger partial charge in [0.25, 0.3) is 0 Å². The molecule has 3 nitrogen and oxygen atoms in total. The van der Waals surface area contributed by atoms with Crippen LogP contribution in [0.5, 0.6) is 0 Å². The summed E-state index contributed by atoms with van der Waals surface area (Å²) in [5.41, 5.74) is 0.201. The third-order valence-electron chi connectivity index (χ3n) is 3.18. The van der Waals surface area contributed by atoms with Gasteiger partial charge in [0.2, 0.25) is 5.91 Å². The van der Waals surface area contributed by atoms with Gasteiger partial charge in [-0.05, 0) is 33.3 Å². The van der Waals surface area contributed by atoms with Crippen LogP contribution in [0.3, 0.4) is 0 Å². The Balaban J connectivity index is 2.56. The molecule has 0 N–H and O–H groups in total. The normalized spacial score (nSPS) is 22.8. The van der Waals surface area contributed by atoms with E-state index in [0.717, 1.165) is 19.5 Å². The van der Waals surface area contributed by atoms with E-state index in [2.05, 4.69) is 32.3 Å². The fourth-order valence-corrected chi connectivity index (χ4v) is 1.99. The van der Waals surface area contributed by atoms with Crippen LogP contribution in [0.1, 0.15) is 27.2 Å². The van der Waals surface area contributed by atoms with Crippen LogP contribution in [0.2, 0.25) is 0 Å². The first kappa shape index (κ1) is 12.2. The van der Waals surface area contributed by atoms with Crippen LogP contribution in [-0.4, -0.2) is 47.4 Å². The molecular weight excluding hydrogens is 188 g/mol. The highest BCUT2D eigenvalue weighted by Gasteiger charge is 2.32. The van der Waals surface area contributed by atoms with Crippen LogP contribution < -0.4 is 0 Å². The second kappa shape index (κ2) is 4.35. The lowest BCUT2D eigenvalue weighted by molar-refractivity contribution is -0.126. The summed E-state index contributed by atoms with van der Waals surface area (Å²) in [4.78, 5) is 15.7. The van der Waals surface area contributed by atoms with Gasteiger partial charge in [0.15, 0.2) is 0 Å². The highest BCUT2D eigenvalue weighted by Crippen LogP contribution is 2.22. The van der Waals surface area contributed by atoms with Crippen molar-refractivity contribution in [3.05, 3.63) is 12.7 Å². The van der Waals surface area contributed by atoms with E-state index in [0.29, 0.717) is 6.04 Å². The molecule has 0 radical (unpaired) electrons. The Labute approximate surface area is 92.7 Å². The Morgan fingerprint density at radius 2 is 2.13 bits per heavy atom. The summed E-state index contributed by atoms with van der Waals surface area (Å²) in [6, 6.07) is 0.342. The van der Waals surface area contributed by atoms with E-state index in [1.165, 1.54) is 6.08 Å². The fraction of sp³-hybridized carbons (Fsp3) is 0.750. The zero-order valence-electron chi connectivity index (χ0n) is 10.3. The average Bonchev–Trinajstić information content (AvgIpc) is 2.63. The van der Waals surface area contributed by atoms with Gasteiger partial charge in [-0.25, -0.2) is 0 Å². The monoisotopic (exact) mass is 210 g/mol. The molecule has 1 aliphatic heterocycles. The highest BCUT2D eigenvalue weighted by atomic mass is 16.2. The molecule has 1 rings (SSSR count). The predicted octanol–water partition coefficient (Wildman–Crippen LogP) is 1.50. The maximum Gasteiger partial charge on any atom is 0.245 e. The molecule has 0 aliphatic carbocycles. The Bertz CT molecular complexity index is 255. The zero-order valence-corrected chi connectivity index (χ0v) is 10.3. The Morgan fingerprint density at radius 3 is 2.53 bits per heavy atom. The molecule has 0 spiro atoms. The molecule has 1 fully saturated rings.